The molecule has 0 radical (unpaired) electrons. The van der Waals surface area contributed by atoms with Gasteiger partial charge in [-0.15, -0.1) is 0 Å². The Morgan fingerprint density at radius 3 is 2.69 bits per heavy atom. The minimum atomic E-state index is -0.348. The van der Waals surface area contributed by atoms with Gasteiger partial charge in [-0.05, 0) is 38.1 Å². The zero-order chi connectivity index (χ0) is 11.4. The highest BCUT2D eigenvalue weighted by Gasteiger charge is 2.33. The third-order valence-electron chi connectivity index (χ3n) is 4.37. The molecule has 94 valence electrons. The molecule has 2 aliphatic rings. The van der Waals surface area contributed by atoms with Crippen molar-refractivity contribution >= 4 is 0 Å². The second-order valence-corrected chi connectivity index (χ2v) is 5.96. The first-order valence-corrected chi connectivity index (χ1v) is 7.16. The highest BCUT2D eigenvalue weighted by atomic mass is 16.3. The van der Waals surface area contributed by atoms with E-state index in [9.17, 15) is 5.11 Å². The lowest BCUT2D eigenvalue weighted by molar-refractivity contribution is -0.0221. The molecule has 2 fully saturated rings. The second kappa shape index (κ2) is 5.50. The van der Waals surface area contributed by atoms with Gasteiger partial charge >= 0.3 is 0 Å². The van der Waals surface area contributed by atoms with Gasteiger partial charge in [-0.25, -0.2) is 0 Å². The van der Waals surface area contributed by atoms with Crippen LogP contribution < -0.4 is 0 Å². The van der Waals surface area contributed by atoms with E-state index in [0.29, 0.717) is 0 Å². The Kier molecular flexibility index (Phi) is 4.26. The van der Waals surface area contributed by atoms with Gasteiger partial charge in [0.2, 0.25) is 0 Å². The third kappa shape index (κ3) is 3.21. The average Bonchev–Trinajstić information content (AvgIpc) is 2.66. The van der Waals surface area contributed by atoms with Gasteiger partial charge in [0.1, 0.15) is 0 Å². The summed E-state index contributed by atoms with van der Waals surface area (Å²) < 4.78 is 0. The molecule has 1 saturated carbocycles. The molecule has 1 aliphatic heterocycles. The standard InChI is InChI=1S/C14H27NO/c1-2-6-13-7-10-15(11-13)12-14(16)8-4-3-5-9-14/h13,16H,2-12H2,1H3. The van der Waals surface area contributed by atoms with E-state index in [1.54, 1.807) is 0 Å². The summed E-state index contributed by atoms with van der Waals surface area (Å²) >= 11 is 0. The Bertz CT molecular complexity index is 211. The Hall–Kier alpha value is -0.0800. The van der Waals surface area contributed by atoms with E-state index in [-0.39, 0.29) is 5.60 Å². The molecule has 2 heteroatoms. The summed E-state index contributed by atoms with van der Waals surface area (Å²) in [7, 11) is 0. The van der Waals surface area contributed by atoms with E-state index in [0.717, 1.165) is 25.3 Å². The Labute approximate surface area is 100 Å². The summed E-state index contributed by atoms with van der Waals surface area (Å²) in [5.41, 5.74) is -0.348. The van der Waals surface area contributed by atoms with Gasteiger partial charge in [0.15, 0.2) is 0 Å². The maximum Gasteiger partial charge on any atom is 0.0774 e. The summed E-state index contributed by atoms with van der Waals surface area (Å²) in [5.74, 6) is 0.900. The number of nitrogens with zero attached hydrogens (tertiary/aromatic N) is 1. The summed E-state index contributed by atoms with van der Waals surface area (Å²) in [6, 6.07) is 0. The van der Waals surface area contributed by atoms with Gasteiger partial charge in [-0.3, -0.25) is 0 Å². The Morgan fingerprint density at radius 2 is 2.00 bits per heavy atom. The van der Waals surface area contributed by atoms with Crippen molar-refractivity contribution in [2.24, 2.45) is 5.92 Å². The summed E-state index contributed by atoms with van der Waals surface area (Å²) in [6.07, 6.45) is 9.86. The van der Waals surface area contributed by atoms with Crippen molar-refractivity contribution < 1.29 is 5.11 Å². The number of aliphatic hydroxyl groups is 1. The fourth-order valence-corrected chi connectivity index (χ4v) is 3.48. The Morgan fingerprint density at radius 1 is 1.25 bits per heavy atom. The van der Waals surface area contributed by atoms with Crippen molar-refractivity contribution in [3.05, 3.63) is 0 Å². The smallest absolute Gasteiger partial charge is 0.0774 e. The fraction of sp³-hybridized carbons (Fsp3) is 1.00. The number of likely N-dealkylation sites (tertiary alicyclic amines) is 1. The van der Waals surface area contributed by atoms with Crippen LogP contribution in [0.3, 0.4) is 0 Å². The first kappa shape index (κ1) is 12.4. The molecular formula is C14H27NO. The van der Waals surface area contributed by atoms with Crippen molar-refractivity contribution in [1.82, 2.24) is 4.90 Å². The van der Waals surface area contributed by atoms with Crippen molar-refractivity contribution in [2.75, 3.05) is 19.6 Å². The van der Waals surface area contributed by atoms with E-state index in [2.05, 4.69) is 11.8 Å². The van der Waals surface area contributed by atoms with Gasteiger partial charge in [-0.1, -0.05) is 32.6 Å². The zero-order valence-electron chi connectivity index (χ0n) is 10.7. The molecule has 2 nitrogen and oxygen atoms in total. The third-order valence-corrected chi connectivity index (χ3v) is 4.37. The molecule has 0 aromatic carbocycles. The number of β-amino-alcohol motifs (C(OH)–C–C–N with tert-alkyl or cyclic N) is 1. The highest BCUT2D eigenvalue weighted by Crippen LogP contribution is 2.31. The van der Waals surface area contributed by atoms with Crippen LogP contribution >= 0.6 is 0 Å². The fourth-order valence-electron chi connectivity index (χ4n) is 3.48. The molecule has 0 bridgehead atoms. The predicted octanol–water partition coefficient (Wildman–Crippen LogP) is 2.80. The molecular weight excluding hydrogens is 198 g/mol. The van der Waals surface area contributed by atoms with Crippen LogP contribution in [0.1, 0.15) is 58.3 Å². The van der Waals surface area contributed by atoms with Crippen LogP contribution in [0.4, 0.5) is 0 Å². The maximum absolute atomic E-state index is 10.5. The van der Waals surface area contributed by atoms with Crippen LogP contribution in [0.2, 0.25) is 0 Å². The molecule has 1 unspecified atom stereocenters. The van der Waals surface area contributed by atoms with Crippen molar-refractivity contribution in [3.8, 4) is 0 Å². The topological polar surface area (TPSA) is 23.5 Å². The molecule has 16 heavy (non-hydrogen) atoms. The van der Waals surface area contributed by atoms with Crippen LogP contribution in [-0.4, -0.2) is 35.2 Å². The number of hydrogen-bond donors (Lipinski definition) is 1. The van der Waals surface area contributed by atoms with Gasteiger partial charge in [-0.2, -0.15) is 0 Å². The monoisotopic (exact) mass is 225 g/mol. The van der Waals surface area contributed by atoms with E-state index in [1.807, 2.05) is 0 Å². The van der Waals surface area contributed by atoms with Gasteiger partial charge in [0, 0.05) is 13.1 Å². The molecule has 0 spiro atoms. The molecule has 1 heterocycles. The lowest BCUT2D eigenvalue weighted by Crippen LogP contribution is -2.43. The molecule has 1 saturated heterocycles. The van der Waals surface area contributed by atoms with Crippen LogP contribution in [0, 0.1) is 5.92 Å². The first-order valence-electron chi connectivity index (χ1n) is 7.16. The first-order chi connectivity index (χ1) is 7.72. The van der Waals surface area contributed by atoms with Crippen LogP contribution in [-0.2, 0) is 0 Å². The second-order valence-electron chi connectivity index (χ2n) is 5.96. The molecule has 0 aromatic heterocycles. The largest absolute Gasteiger partial charge is 0.389 e. The SMILES string of the molecule is CCCC1CCN(CC2(O)CCCCC2)C1. The van der Waals surface area contributed by atoms with E-state index in [1.165, 1.54) is 51.6 Å². The van der Waals surface area contributed by atoms with Crippen molar-refractivity contribution in [1.29, 1.82) is 0 Å². The molecule has 0 amide bonds. The van der Waals surface area contributed by atoms with Crippen LogP contribution in [0.25, 0.3) is 0 Å². The van der Waals surface area contributed by atoms with Gasteiger partial charge in [0.25, 0.3) is 0 Å². The lowest BCUT2D eigenvalue weighted by atomic mass is 9.84. The lowest BCUT2D eigenvalue weighted by Gasteiger charge is -2.35. The van der Waals surface area contributed by atoms with Crippen molar-refractivity contribution in [2.45, 2.75) is 63.9 Å². The van der Waals surface area contributed by atoms with E-state index in [4.69, 9.17) is 0 Å². The maximum atomic E-state index is 10.5. The highest BCUT2D eigenvalue weighted by molar-refractivity contribution is 4.88. The summed E-state index contributed by atoms with van der Waals surface area (Å²) in [4.78, 5) is 2.51. The van der Waals surface area contributed by atoms with Gasteiger partial charge < -0.3 is 10.0 Å². The number of hydrogen-bond acceptors (Lipinski definition) is 2. The predicted molar refractivity (Wildman–Crippen MR) is 67.5 cm³/mol. The minimum Gasteiger partial charge on any atom is -0.389 e. The van der Waals surface area contributed by atoms with Crippen LogP contribution in [0.15, 0.2) is 0 Å². The summed E-state index contributed by atoms with van der Waals surface area (Å²) in [5, 5.41) is 10.5. The van der Waals surface area contributed by atoms with Crippen LogP contribution in [0.5, 0.6) is 0 Å². The van der Waals surface area contributed by atoms with Gasteiger partial charge in [0.05, 0.1) is 5.60 Å². The number of rotatable bonds is 4. The normalized spacial score (nSPS) is 30.8. The zero-order valence-corrected chi connectivity index (χ0v) is 10.7. The summed E-state index contributed by atoms with van der Waals surface area (Å²) in [6.45, 7) is 5.66. The molecule has 1 atom stereocenters. The minimum absolute atomic E-state index is 0.348. The van der Waals surface area contributed by atoms with Crippen molar-refractivity contribution in [3.63, 3.8) is 0 Å². The molecule has 2 rings (SSSR count). The quantitative estimate of drug-likeness (QED) is 0.795. The molecule has 0 aromatic rings. The average molecular weight is 225 g/mol. The van der Waals surface area contributed by atoms with E-state index < -0.39 is 0 Å². The molecule has 1 N–H and O–H groups in total. The van der Waals surface area contributed by atoms with E-state index >= 15 is 0 Å². The Balaban J connectivity index is 1.77. The molecule has 1 aliphatic carbocycles.